The highest BCUT2D eigenvalue weighted by atomic mass is 16.6. The van der Waals surface area contributed by atoms with Crippen LogP contribution in [0, 0.1) is 0 Å². The molecule has 1 aliphatic rings. The first-order chi connectivity index (χ1) is 8.46. The van der Waals surface area contributed by atoms with Gasteiger partial charge in [0.2, 0.25) is 0 Å². The Morgan fingerprint density at radius 2 is 2.22 bits per heavy atom. The minimum Gasteiger partial charge on any atom is -0.455 e. The lowest BCUT2D eigenvalue weighted by atomic mass is 10.2. The fourth-order valence-corrected chi connectivity index (χ4v) is 1.95. The summed E-state index contributed by atoms with van der Waals surface area (Å²) >= 11 is 0. The first-order valence-corrected chi connectivity index (χ1v) is 6.46. The van der Waals surface area contributed by atoms with Gasteiger partial charge in [-0.05, 0) is 46.2 Å². The Morgan fingerprint density at radius 3 is 2.94 bits per heavy atom. The molecule has 1 aliphatic heterocycles. The highest BCUT2D eigenvalue weighted by Crippen LogP contribution is 2.14. The normalized spacial score (nSPS) is 16.6. The molecule has 0 unspecified atom stereocenters. The molecule has 0 radical (unpaired) electrons. The Bertz CT molecular complexity index is 406. The third-order valence-corrected chi connectivity index (χ3v) is 2.75. The van der Waals surface area contributed by atoms with Crippen LogP contribution in [0.15, 0.2) is 6.07 Å². The zero-order valence-corrected chi connectivity index (χ0v) is 11.3. The molecule has 0 spiro atoms. The minimum absolute atomic E-state index is 0.346. The van der Waals surface area contributed by atoms with E-state index in [2.05, 4.69) is 10.4 Å². The Morgan fingerprint density at radius 1 is 1.44 bits per heavy atom. The predicted octanol–water partition coefficient (Wildman–Crippen LogP) is 1.72. The summed E-state index contributed by atoms with van der Waals surface area (Å²) in [5.74, 6) is -0.346. The van der Waals surface area contributed by atoms with E-state index in [-0.39, 0.29) is 5.97 Å². The second-order valence-corrected chi connectivity index (χ2v) is 5.63. The summed E-state index contributed by atoms with van der Waals surface area (Å²) in [4.78, 5) is 11.9. The molecule has 1 aromatic heterocycles. The number of carbonyl (C=O) groups excluding carboxylic acids is 1. The van der Waals surface area contributed by atoms with Gasteiger partial charge < -0.3 is 10.1 Å². The Kier molecular flexibility index (Phi) is 3.71. The first kappa shape index (κ1) is 13.1. The van der Waals surface area contributed by atoms with Gasteiger partial charge in [-0.15, -0.1) is 0 Å². The fourth-order valence-electron chi connectivity index (χ4n) is 1.95. The molecule has 0 atom stereocenters. The van der Waals surface area contributed by atoms with Crippen LogP contribution >= 0.6 is 0 Å². The molecular weight excluding hydrogens is 230 g/mol. The monoisotopic (exact) mass is 251 g/mol. The molecule has 2 rings (SSSR count). The zero-order chi connectivity index (χ0) is 13.2. The fraction of sp³-hybridized carbons (Fsp3) is 0.692. The highest BCUT2D eigenvalue weighted by molar-refractivity contribution is 5.87. The van der Waals surface area contributed by atoms with Crippen molar-refractivity contribution >= 4 is 5.97 Å². The van der Waals surface area contributed by atoms with E-state index >= 15 is 0 Å². The van der Waals surface area contributed by atoms with E-state index in [0.717, 1.165) is 38.2 Å². The van der Waals surface area contributed by atoms with Crippen LogP contribution in [0.4, 0.5) is 0 Å². The lowest BCUT2D eigenvalue weighted by Crippen LogP contribution is -2.24. The molecule has 0 bridgehead atoms. The van der Waals surface area contributed by atoms with Crippen LogP contribution in [0.5, 0.6) is 0 Å². The van der Waals surface area contributed by atoms with Gasteiger partial charge >= 0.3 is 5.97 Å². The van der Waals surface area contributed by atoms with Crippen molar-refractivity contribution in [3.63, 3.8) is 0 Å². The molecule has 5 heteroatoms. The number of hydrogen-bond acceptors (Lipinski definition) is 4. The molecule has 2 heterocycles. The molecule has 100 valence electrons. The Labute approximate surface area is 108 Å². The number of ether oxygens (including phenoxy) is 1. The van der Waals surface area contributed by atoms with Crippen molar-refractivity contribution in [1.82, 2.24) is 15.1 Å². The number of aromatic nitrogens is 2. The maximum Gasteiger partial charge on any atom is 0.359 e. The maximum atomic E-state index is 11.9. The van der Waals surface area contributed by atoms with Gasteiger partial charge in [-0.3, -0.25) is 4.68 Å². The van der Waals surface area contributed by atoms with Crippen LogP contribution in [0.3, 0.4) is 0 Å². The molecule has 1 aromatic rings. The quantitative estimate of drug-likeness (QED) is 0.772. The van der Waals surface area contributed by atoms with Gasteiger partial charge in [-0.25, -0.2) is 4.79 Å². The second kappa shape index (κ2) is 5.10. The van der Waals surface area contributed by atoms with Crippen LogP contribution in [0.25, 0.3) is 0 Å². The summed E-state index contributed by atoms with van der Waals surface area (Å²) in [5.41, 5.74) is 0.979. The van der Waals surface area contributed by atoms with Crippen molar-refractivity contribution < 1.29 is 9.53 Å². The Balaban J connectivity index is 2.15. The van der Waals surface area contributed by atoms with Crippen molar-refractivity contribution in [3.8, 4) is 0 Å². The molecule has 18 heavy (non-hydrogen) atoms. The van der Waals surface area contributed by atoms with E-state index in [1.54, 1.807) is 0 Å². The molecule has 5 nitrogen and oxygen atoms in total. The average Bonchev–Trinajstić information content (AvgIpc) is 2.58. The number of hydrogen-bond donors (Lipinski definition) is 1. The maximum absolute atomic E-state index is 11.9. The van der Waals surface area contributed by atoms with Gasteiger partial charge in [-0.1, -0.05) is 0 Å². The second-order valence-electron chi connectivity index (χ2n) is 5.63. The van der Waals surface area contributed by atoms with Crippen molar-refractivity contribution in [2.24, 2.45) is 0 Å². The van der Waals surface area contributed by atoms with Crippen LogP contribution < -0.4 is 5.32 Å². The summed E-state index contributed by atoms with van der Waals surface area (Å²) < 4.78 is 7.24. The molecule has 1 N–H and O–H groups in total. The van der Waals surface area contributed by atoms with E-state index in [1.807, 2.05) is 31.5 Å². The molecule has 0 saturated carbocycles. The third-order valence-electron chi connectivity index (χ3n) is 2.75. The number of nitrogens with one attached hydrogen (secondary N) is 1. The number of carbonyl (C=O) groups is 1. The first-order valence-electron chi connectivity index (χ1n) is 6.46. The van der Waals surface area contributed by atoms with E-state index in [1.165, 1.54) is 0 Å². The third kappa shape index (κ3) is 3.32. The van der Waals surface area contributed by atoms with E-state index in [0.29, 0.717) is 5.69 Å². The molecule has 0 saturated heterocycles. The minimum atomic E-state index is -0.479. The molecule has 0 fully saturated rings. The number of aryl methyl sites for hydroxylation is 1. The van der Waals surface area contributed by atoms with Gasteiger partial charge in [0.15, 0.2) is 5.69 Å². The SMILES string of the molecule is CC(C)(C)OC(=O)c1cc2n(n1)CCCCNC2. The van der Waals surface area contributed by atoms with Gasteiger partial charge in [0.05, 0.1) is 5.69 Å². The summed E-state index contributed by atoms with van der Waals surface area (Å²) in [6.45, 7) is 8.23. The average molecular weight is 251 g/mol. The number of esters is 1. The largest absolute Gasteiger partial charge is 0.455 e. The van der Waals surface area contributed by atoms with E-state index in [4.69, 9.17) is 4.74 Å². The molecular formula is C13H21N3O2. The van der Waals surface area contributed by atoms with Crippen LogP contribution in [0.1, 0.15) is 49.8 Å². The van der Waals surface area contributed by atoms with Crippen LogP contribution in [-0.4, -0.2) is 27.9 Å². The van der Waals surface area contributed by atoms with Crippen molar-refractivity contribution in [2.45, 2.75) is 52.3 Å². The smallest absolute Gasteiger partial charge is 0.359 e. The van der Waals surface area contributed by atoms with Gasteiger partial charge in [0.25, 0.3) is 0 Å². The standard InChI is InChI=1S/C13H21N3O2/c1-13(2,3)18-12(17)11-8-10-9-14-6-4-5-7-16(10)15-11/h8,14H,4-7,9H2,1-3H3. The van der Waals surface area contributed by atoms with Crippen LogP contribution in [0.2, 0.25) is 0 Å². The predicted molar refractivity (Wildman–Crippen MR) is 68.3 cm³/mol. The lowest BCUT2D eigenvalue weighted by Gasteiger charge is -2.18. The van der Waals surface area contributed by atoms with Gasteiger partial charge in [-0.2, -0.15) is 5.10 Å². The number of nitrogens with zero attached hydrogens (tertiary/aromatic N) is 2. The van der Waals surface area contributed by atoms with Crippen molar-refractivity contribution in [2.75, 3.05) is 6.54 Å². The zero-order valence-electron chi connectivity index (χ0n) is 11.3. The summed E-state index contributed by atoms with van der Waals surface area (Å²) in [5, 5.41) is 7.67. The number of fused-ring (bicyclic) bond motifs is 1. The molecule has 0 aromatic carbocycles. The summed E-state index contributed by atoms with van der Waals surface area (Å²) in [6, 6.07) is 1.83. The summed E-state index contributed by atoms with van der Waals surface area (Å²) in [6.07, 6.45) is 2.22. The molecule has 0 aliphatic carbocycles. The lowest BCUT2D eigenvalue weighted by molar-refractivity contribution is 0.00619. The number of rotatable bonds is 1. The summed E-state index contributed by atoms with van der Waals surface area (Å²) in [7, 11) is 0. The van der Waals surface area contributed by atoms with E-state index < -0.39 is 5.60 Å². The van der Waals surface area contributed by atoms with E-state index in [9.17, 15) is 4.79 Å². The van der Waals surface area contributed by atoms with Gasteiger partial charge in [0.1, 0.15) is 5.60 Å². The van der Waals surface area contributed by atoms with Crippen molar-refractivity contribution in [1.29, 1.82) is 0 Å². The van der Waals surface area contributed by atoms with Gasteiger partial charge in [0, 0.05) is 13.1 Å². The molecule has 0 amide bonds. The highest BCUT2D eigenvalue weighted by Gasteiger charge is 2.21. The topological polar surface area (TPSA) is 56.2 Å². The Hall–Kier alpha value is -1.36. The van der Waals surface area contributed by atoms with Crippen LogP contribution in [-0.2, 0) is 17.8 Å². The van der Waals surface area contributed by atoms with Crippen molar-refractivity contribution in [3.05, 3.63) is 17.5 Å².